The summed E-state index contributed by atoms with van der Waals surface area (Å²) >= 11 is 1.74. The van der Waals surface area contributed by atoms with Gasteiger partial charge < -0.3 is 11.1 Å². The molecule has 3 rings (SSSR count). The lowest BCUT2D eigenvalue weighted by Gasteiger charge is -2.06. The van der Waals surface area contributed by atoms with Crippen molar-refractivity contribution < 1.29 is 4.79 Å². The maximum Gasteiger partial charge on any atom is 0.236 e. The minimum Gasteiger partial charge on any atom is -0.368 e. The van der Waals surface area contributed by atoms with E-state index in [1.54, 1.807) is 11.3 Å². The molecule has 0 aliphatic heterocycles. The number of thiophene rings is 1. The zero-order valence-electron chi connectivity index (χ0n) is 10.1. The lowest BCUT2D eigenvalue weighted by Crippen LogP contribution is -2.22. The monoisotopic (exact) mass is 262 g/mol. The number of carbonyl (C=O) groups excluding carboxylic acids is 1. The molecule has 0 bridgehead atoms. The van der Waals surface area contributed by atoms with Crippen LogP contribution in [0.4, 0.5) is 5.82 Å². The van der Waals surface area contributed by atoms with Crippen LogP contribution >= 0.6 is 11.3 Å². The van der Waals surface area contributed by atoms with Crippen molar-refractivity contribution >= 4 is 33.3 Å². The minimum absolute atomic E-state index is 0.107. The van der Waals surface area contributed by atoms with Crippen LogP contribution in [0.25, 0.3) is 10.2 Å². The number of nitrogens with one attached hydrogen (secondary N) is 1. The molecule has 0 fully saturated rings. The van der Waals surface area contributed by atoms with Gasteiger partial charge in [0.25, 0.3) is 0 Å². The number of fused-ring (bicyclic) bond motifs is 3. The lowest BCUT2D eigenvalue weighted by atomic mass is 10.2. The zero-order valence-corrected chi connectivity index (χ0v) is 10.9. The highest BCUT2D eigenvalue weighted by Crippen LogP contribution is 2.39. The smallest absolute Gasteiger partial charge is 0.236 e. The third-order valence-corrected chi connectivity index (χ3v) is 4.29. The Morgan fingerprint density at radius 3 is 3.06 bits per heavy atom. The van der Waals surface area contributed by atoms with E-state index >= 15 is 0 Å². The number of amides is 1. The fourth-order valence-corrected chi connectivity index (χ4v) is 3.71. The highest BCUT2D eigenvalue weighted by atomic mass is 32.1. The number of rotatable bonds is 3. The van der Waals surface area contributed by atoms with Crippen LogP contribution in [0, 0.1) is 6.92 Å². The summed E-state index contributed by atoms with van der Waals surface area (Å²) in [5.41, 5.74) is 6.52. The Morgan fingerprint density at radius 2 is 2.28 bits per heavy atom. The quantitative estimate of drug-likeness (QED) is 0.875. The molecular formula is C12H14N4OS. The van der Waals surface area contributed by atoms with Crippen molar-refractivity contribution in [2.24, 2.45) is 5.73 Å². The second-order valence-electron chi connectivity index (χ2n) is 4.48. The normalized spacial score (nSPS) is 13.8. The highest BCUT2D eigenvalue weighted by Gasteiger charge is 2.21. The van der Waals surface area contributed by atoms with Crippen molar-refractivity contribution in [1.29, 1.82) is 0 Å². The number of carbonyl (C=O) groups is 1. The Bertz CT molecular complexity index is 635. The molecule has 0 spiro atoms. The minimum atomic E-state index is -0.383. The molecule has 0 atom stereocenters. The van der Waals surface area contributed by atoms with Crippen molar-refractivity contribution in [3.8, 4) is 0 Å². The third-order valence-electron chi connectivity index (χ3n) is 3.11. The molecule has 3 N–H and O–H groups in total. The van der Waals surface area contributed by atoms with E-state index in [0.717, 1.165) is 34.7 Å². The molecule has 6 heteroatoms. The summed E-state index contributed by atoms with van der Waals surface area (Å²) in [4.78, 5) is 22.2. The van der Waals surface area contributed by atoms with Gasteiger partial charge in [-0.25, -0.2) is 9.97 Å². The van der Waals surface area contributed by atoms with E-state index in [9.17, 15) is 4.79 Å². The summed E-state index contributed by atoms with van der Waals surface area (Å²) in [6.07, 6.45) is 3.40. The third kappa shape index (κ3) is 1.82. The average Bonchev–Trinajstić information content (AvgIpc) is 2.84. The molecule has 2 aromatic rings. The number of anilines is 1. The molecule has 1 aliphatic carbocycles. The number of nitrogens with zero attached hydrogens (tertiary/aromatic N) is 2. The van der Waals surface area contributed by atoms with Crippen LogP contribution in [0.1, 0.15) is 22.7 Å². The van der Waals surface area contributed by atoms with Gasteiger partial charge in [0.2, 0.25) is 5.91 Å². The van der Waals surface area contributed by atoms with E-state index in [0.29, 0.717) is 0 Å². The molecule has 18 heavy (non-hydrogen) atoms. The highest BCUT2D eigenvalue weighted by molar-refractivity contribution is 7.19. The van der Waals surface area contributed by atoms with Gasteiger partial charge in [0.05, 0.1) is 11.9 Å². The first-order valence-electron chi connectivity index (χ1n) is 5.96. The molecule has 0 radical (unpaired) electrons. The van der Waals surface area contributed by atoms with E-state index in [1.165, 1.54) is 16.9 Å². The van der Waals surface area contributed by atoms with E-state index in [-0.39, 0.29) is 12.5 Å². The fraction of sp³-hybridized carbons (Fsp3) is 0.417. The Labute approximate surface area is 108 Å². The molecule has 2 aromatic heterocycles. The van der Waals surface area contributed by atoms with E-state index in [4.69, 9.17) is 5.73 Å². The second-order valence-corrected chi connectivity index (χ2v) is 5.56. The summed E-state index contributed by atoms with van der Waals surface area (Å²) in [6.45, 7) is 1.97. The second kappa shape index (κ2) is 4.20. The topological polar surface area (TPSA) is 80.9 Å². The Kier molecular flexibility index (Phi) is 2.66. The number of hydrogen-bond acceptors (Lipinski definition) is 5. The lowest BCUT2D eigenvalue weighted by molar-refractivity contribution is -0.116. The van der Waals surface area contributed by atoms with Gasteiger partial charge in [-0.05, 0) is 31.7 Å². The summed E-state index contributed by atoms with van der Waals surface area (Å²) in [5.74, 6) is 1.08. The number of aryl methyl sites for hydroxylation is 3. The van der Waals surface area contributed by atoms with Gasteiger partial charge in [-0.2, -0.15) is 0 Å². The van der Waals surface area contributed by atoms with Crippen molar-refractivity contribution in [3.05, 3.63) is 16.3 Å². The summed E-state index contributed by atoms with van der Waals surface area (Å²) in [6, 6.07) is 0. The maximum absolute atomic E-state index is 10.9. The molecule has 0 unspecified atom stereocenters. The Morgan fingerprint density at radius 1 is 1.44 bits per heavy atom. The largest absolute Gasteiger partial charge is 0.368 e. The van der Waals surface area contributed by atoms with Gasteiger partial charge in [-0.15, -0.1) is 11.3 Å². The maximum atomic E-state index is 10.9. The molecule has 94 valence electrons. The van der Waals surface area contributed by atoms with Crippen molar-refractivity contribution in [1.82, 2.24) is 9.97 Å². The molecule has 0 saturated heterocycles. The zero-order chi connectivity index (χ0) is 12.7. The molecule has 2 heterocycles. The summed E-state index contributed by atoms with van der Waals surface area (Å²) in [5, 5.41) is 4.11. The van der Waals surface area contributed by atoms with Crippen LogP contribution in [-0.2, 0) is 17.6 Å². The van der Waals surface area contributed by atoms with Crippen molar-refractivity contribution in [2.45, 2.75) is 26.2 Å². The standard InChI is InChI=1S/C12H14N4OS/c1-6-15-11(14-5-9(13)17)10-7-3-2-4-8(7)18-12(10)16-6/h2-5H2,1H3,(H2,13,17)(H,14,15,16). The summed E-state index contributed by atoms with van der Waals surface area (Å²) < 4.78 is 0. The van der Waals surface area contributed by atoms with E-state index in [2.05, 4.69) is 15.3 Å². The molecule has 5 nitrogen and oxygen atoms in total. The Balaban J connectivity index is 2.13. The van der Waals surface area contributed by atoms with Crippen LogP contribution in [-0.4, -0.2) is 22.4 Å². The molecule has 0 aromatic carbocycles. The molecular weight excluding hydrogens is 248 g/mol. The van der Waals surface area contributed by atoms with Gasteiger partial charge in [0.1, 0.15) is 16.5 Å². The number of hydrogen-bond donors (Lipinski definition) is 2. The molecule has 1 aliphatic rings. The van der Waals surface area contributed by atoms with Crippen molar-refractivity contribution in [2.75, 3.05) is 11.9 Å². The van der Waals surface area contributed by atoms with Crippen molar-refractivity contribution in [3.63, 3.8) is 0 Å². The Hall–Kier alpha value is -1.69. The van der Waals surface area contributed by atoms with Gasteiger partial charge in [0.15, 0.2) is 0 Å². The van der Waals surface area contributed by atoms with Crippen LogP contribution in [0.2, 0.25) is 0 Å². The number of nitrogens with two attached hydrogens (primary N) is 1. The SMILES string of the molecule is Cc1nc(NCC(N)=O)c2c3c(sc2n1)CCC3. The first kappa shape index (κ1) is 11.4. The fourth-order valence-electron chi connectivity index (χ4n) is 2.40. The van der Waals surface area contributed by atoms with Gasteiger partial charge in [-0.3, -0.25) is 4.79 Å². The predicted molar refractivity (Wildman–Crippen MR) is 71.9 cm³/mol. The van der Waals surface area contributed by atoms with Crippen LogP contribution in [0.5, 0.6) is 0 Å². The van der Waals surface area contributed by atoms with Crippen LogP contribution in [0.15, 0.2) is 0 Å². The first-order valence-corrected chi connectivity index (χ1v) is 6.78. The predicted octanol–water partition coefficient (Wildman–Crippen LogP) is 1.39. The first-order chi connectivity index (χ1) is 8.65. The van der Waals surface area contributed by atoms with Gasteiger partial charge in [0, 0.05) is 4.88 Å². The molecule has 1 amide bonds. The molecule has 0 saturated carbocycles. The number of primary amides is 1. The van der Waals surface area contributed by atoms with E-state index < -0.39 is 0 Å². The number of aromatic nitrogens is 2. The van der Waals surface area contributed by atoms with Gasteiger partial charge >= 0.3 is 0 Å². The average molecular weight is 262 g/mol. The van der Waals surface area contributed by atoms with Gasteiger partial charge in [-0.1, -0.05) is 0 Å². The summed E-state index contributed by atoms with van der Waals surface area (Å²) in [7, 11) is 0. The van der Waals surface area contributed by atoms with Crippen LogP contribution in [0.3, 0.4) is 0 Å². The van der Waals surface area contributed by atoms with E-state index in [1.807, 2.05) is 6.92 Å². The van der Waals surface area contributed by atoms with Crippen LogP contribution < -0.4 is 11.1 Å².